The minimum absolute atomic E-state index is 0.0355. The van der Waals surface area contributed by atoms with Crippen LogP contribution in [0, 0.1) is 13.8 Å². The van der Waals surface area contributed by atoms with Gasteiger partial charge in [-0.15, -0.1) is 22.7 Å². The fourth-order valence-corrected chi connectivity index (χ4v) is 8.53. The van der Waals surface area contributed by atoms with Crippen LogP contribution in [-0.2, 0) is 21.7 Å². The summed E-state index contributed by atoms with van der Waals surface area (Å²) in [4.78, 5) is 31.2. The first kappa shape index (κ1) is 38.7. The van der Waals surface area contributed by atoms with Crippen molar-refractivity contribution < 1.29 is 9.59 Å². The van der Waals surface area contributed by atoms with Crippen LogP contribution >= 0.6 is 22.7 Å². The molecule has 1 aliphatic rings. The average Bonchev–Trinajstić information content (AvgIpc) is 3.73. The summed E-state index contributed by atoms with van der Waals surface area (Å²) in [6.07, 6.45) is 2.98. The highest BCUT2D eigenvalue weighted by atomic mass is 32.1. The van der Waals surface area contributed by atoms with Crippen LogP contribution in [-0.4, -0.2) is 11.8 Å². The maximum Gasteiger partial charge on any atom is 0.265 e. The Morgan fingerprint density at radius 2 is 0.784 bits per heavy atom. The Balaban J connectivity index is 1.42. The summed E-state index contributed by atoms with van der Waals surface area (Å²) in [6.45, 7) is 30.8. The lowest BCUT2D eigenvalue weighted by Gasteiger charge is -2.26. The van der Waals surface area contributed by atoms with Gasteiger partial charge in [0, 0.05) is 21.1 Å². The average molecular weight is 723 g/mol. The number of allylic oxidation sites excluding steroid dienone is 2. The maximum atomic E-state index is 13.7. The number of benzene rings is 2. The molecule has 1 aliphatic carbocycles. The summed E-state index contributed by atoms with van der Waals surface area (Å²) in [5, 5.41) is 6.48. The van der Waals surface area contributed by atoms with Crippen LogP contribution < -0.4 is 10.6 Å². The SMILES string of the molecule is Cc1sc(C(=O)Nc2cc(C(C)(C)C)cc(C(C)(C)C)c2)cc1C1=C(c2cc(C(=O)Nc3cc(C(C)(C)C)cc(C(C)(C)C)c3)sc2C)CCC1. The van der Waals surface area contributed by atoms with Gasteiger partial charge >= 0.3 is 0 Å². The topological polar surface area (TPSA) is 58.2 Å². The monoisotopic (exact) mass is 722 g/mol. The molecule has 0 radical (unpaired) electrons. The Bertz CT molecular complexity index is 1800. The van der Waals surface area contributed by atoms with E-state index in [0.717, 1.165) is 51.5 Å². The number of thiophene rings is 2. The van der Waals surface area contributed by atoms with Crippen LogP contribution in [0.15, 0.2) is 48.5 Å². The van der Waals surface area contributed by atoms with Gasteiger partial charge < -0.3 is 10.6 Å². The van der Waals surface area contributed by atoms with Crippen molar-refractivity contribution >= 4 is 57.0 Å². The van der Waals surface area contributed by atoms with E-state index in [9.17, 15) is 9.59 Å². The highest BCUT2D eigenvalue weighted by Crippen LogP contribution is 2.45. The van der Waals surface area contributed by atoms with Gasteiger partial charge in [-0.2, -0.15) is 0 Å². The van der Waals surface area contributed by atoms with Crippen molar-refractivity contribution in [1.29, 1.82) is 0 Å². The molecule has 2 amide bonds. The van der Waals surface area contributed by atoms with Gasteiger partial charge in [-0.05, 0) is 136 Å². The third-order valence-electron chi connectivity index (χ3n) is 10.00. The molecule has 0 atom stereocenters. The molecule has 0 fully saturated rings. The van der Waals surface area contributed by atoms with Gasteiger partial charge in [0.15, 0.2) is 0 Å². The highest BCUT2D eigenvalue weighted by Gasteiger charge is 2.27. The molecular weight excluding hydrogens is 665 g/mol. The largest absolute Gasteiger partial charge is 0.321 e. The molecule has 2 N–H and O–H groups in total. The van der Waals surface area contributed by atoms with Gasteiger partial charge in [-0.1, -0.05) is 95.2 Å². The normalized spacial score (nSPS) is 14.3. The Kier molecular flexibility index (Phi) is 10.5. The maximum absolute atomic E-state index is 13.7. The molecule has 6 heteroatoms. The number of amides is 2. The van der Waals surface area contributed by atoms with Gasteiger partial charge in [-0.25, -0.2) is 0 Å². The molecule has 0 saturated carbocycles. The zero-order valence-electron chi connectivity index (χ0n) is 33.4. The number of carbonyl (C=O) groups is 2. The third-order valence-corrected chi connectivity index (χ3v) is 12.1. The summed E-state index contributed by atoms with van der Waals surface area (Å²) < 4.78 is 0. The third kappa shape index (κ3) is 8.77. The number of aryl methyl sites for hydroxylation is 2. The van der Waals surface area contributed by atoms with E-state index in [1.165, 1.54) is 33.4 Å². The molecule has 2 heterocycles. The van der Waals surface area contributed by atoms with Gasteiger partial charge in [0.25, 0.3) is 11.8 Å². The Morgan fingerprint density at radius 1 is 0.490 bits per heavy atom. The van der Waals surface area contributed by atoms with Crippen molar-refractivity contribution in [2.45, 2.75) is 138 Å². The second-order valence-electron chi connectivity index (χ2n) is 18.5. The van der Waals surface area contributed by atoms with Crippen LogP contribution in [0.2, 0.25) is 0 Å². The van der Waals surface area contributed by atoms with E-state index in [-0.39, 0.29) is 33.5 Å². The van der Waals surface area contributed by atoms with Crippen molar-refractivity contribution in [1.82, 2.24) is 0 Å². The van der Waals surface area contributed by atoms with Crippen LogP contribution in [0.5, 0.6) is 0 Å². The van der Waals surface area contributed by atoms with Crippen LogP contribution in [0.1, 0.15) is 165 Å². The molecular formula is C45H58N2O2S2. The number of hydrogen-bond acceptors (Lipinski definition) is 4. The summed E-state index contributed by atoms with van der Waals surface area (Å²) in [5.74, 6) is -0.146. The first-order valence-corrected chi connectivity index (χ1v) is 19.9. The number of carbonyl (C=O) groups excluding carboxylic acids is 2. The van der Waals surface area contributed by atoms with Gasteiger partial charge in [-0.3, -0.25) is 9.59 Å². The molecule has 5 rings (SSSR count). The second-order valence-corrected chi connectivity index (χ2v) is 21.0. The summed E-state index contributed by atoms with van der Waals surface area (Å²) >= 11 is 3.12. The zero-order chi connectivity index (χ0) is 37.8. The molecule has 0 spiro atoms. The molecule has 0 unspecified atom stereocenters. The molecule has 0 saturated heterocycles. The molecule has 4 nitrogen and oxygen atoms in total. The van der Waals surface area contributed by atoms with Crippen LogP contribution in [0.3, 0.4) is 0 Å². The van der Waals surface area contributed by atoms with E-state index in [0.29, 0.717) is 9.75 Å². The first-order chi connectivity index (χ1) is 23.4. The number of nitrogens with one attached hydrogen (secondary N) is 2. The standard InChI is InChI=1S/C45H58N2O2S2/c1-26-36(24-38(50-26)40(48)46-32-20-28(42(3,4)5)18-29(21-32)43(6,7)8)34-16-15-17-35(34)37-25-39(51-27(37)2)41(49)47-33-22-30(44(9,10)11)19-31(23-33)45(12,13)14/h18-25H,15-17H2,1-14H3,(H,46,48)(H,47,49). The van der Waals surface area contributed by atoms with Crippen LogP contribution in [0.25, 0.3) is 11.1 Å². The van der Waals surface area contributed by atoms with Crippen molar-refractivity contribution in [2.24, 2.45) is 0 Å². The predicted molar refractivity (Wildman–Crippen MR) is 222 cm³/mol. The van der Waals surface area contributed by atoms with E-state index in [1.807, 2.05) is 0 Å². The van der Waals surface area contributed by atoms with Crippen LogP contribution in [0.4, 0.5) is 11.4 Å². The fourth-order valence-electron chi connectivity index (χ4n) is 6.64. The second kappa shape index (κ2) is 13.8. The van der Waals surface area contributed by atoms with Crippen molar-refractivity contribution in [3.8, 4) is 0 Å². The molecule has 51 heavy (non-hydrogen) atoms. The lowest BCUT2D eigenvalue weighted by atomic mass is 9.80. The Hall–Kier alpha value is -3.48. The number of anilines is 2. The molecule has 2 aromatic heterocycles. The predicted octanol–water partition coefficient (Wildman–Crippen LogP) is 13.2. The molecule has 2 aromatic carbocycles. The lowest BCUT2D eigenvalue weighted by molar-refractivity contribution is 0.102. The molecule has 4 aromatic rings. The Labute approximate surface area is 315 Å². The smallest absolute Gasteiger partial charge is 0.265 e. The van der Waals surface area contributed by atoms with Gasteiger partial charge in [0.05, 0.1) is 9.75 Å². The molecule has 272 valence electrons. The summed E-state index contributed by atoms with van der Waals surface area (Å²) in [6, 6.07) is 17.2. The van der Waals surface area contributed by atoms with Gasteiger partial charge in [0.2, 0.25) is 0 Å². The minimum Gasteiger partial charge on any atom is -0.321 e. The van der Waals surface area contributed by atoms with E-state index in [4.69, 9.17) is 0 Å². The zero-order valence-corrected chi connectivity index (χ0v) is 35.0. The highest BCUT2D eigenvalue weighted by molar-refractivity contribution is 7.14. The number of rotatable bonds is 6. The van der Waals surface area contributed by atoms with Gasteiger partial charge in [0.1, 0.15) is 0 Å². The Morgan fingerprint density at radius 3 is 1.06 bits per heavy atom. The minimum atomic E-state index is -0.0729. The van der Waals surface area contributed by atoms with E-state index >= 15 is 0 Å². The van der Waals surface area contributed by atoms with Crippen molar-refractivity contribution in [3.05, 3.63) is 101 Å². The molecule has 0 aliphatic heterocycles. The first-order valence-electron chi connectivity index (χ1n) is 18.3. The molecule has 0 bridgehead atoms. The fraction of sp³-hybridized carbons (Fsp3) is 0.467. The summed E-state index contributed by atoms with van der Waals surface area (Å²) in [5.41, 5.74) is 11.3. The van der Waals surface area contributed by atoms with E-state index in [2.05, 4.69) is 156 Å². The number of hydrogen-bond donors (Lipinski definition) is 2. The van der Waals surface area contributed by atoms with E-state index < -0.39 is 0 Å². The van der Waals surface area contributed by atoms with Crippen molar-refractivity contribution in [2.75, 3.05) is 10.6 Å². The van der Waals surface area contributed by atoms with Crippen molar-refractivity contribution in [3.63, 3.8) is 0 Å². The van der Waals surface area contributed by atoms with E-state index in [1.54, 1.807) is 22.7 Å². The quantitative estimate of drug-likeness (QED) is 0.208. The lowest BCUT2D eigenvalue weighted by Crippen LogP contribution is -2.18. The summed E-state index contributed by atoms with van der Waals surface area (Å²) in [7, 11) is 0.